The van der Waals surface area contributed by atoms with Crippen LogP contribution in [0.4, 0.5) is 4.79 Å². The number of hydrogen-bond acceptors (Lipinski definition) is 3. The van der Waals surface area contributed by atoms with Gasteiger partial charge >= 0.3 is 6.09 Å². The van der Waals surface area contributed by atoms with E-state index in [0.29, 0.717) is 6.54 Å². The summed E-state index contributed by atoms with van der Waals surface area (Å²) in [6.45, 7) is 6.01. The molecule has 1 amide bonds. The molecule has 1 unspecified atom stereocenters. The Labute approximate surface area is 155 Å². The Kier molecular flexibility index (Phi) is 5.05. The molecule has 0 heterocycles. The highest BCUT2D eigenvalue weighted by atomic mass is 16.6. The normalized spacial score (nSPS) is 23.2. The molecule has 0 aromatic heterocycles. The molecular weight excluding hydrogens is 326 g/mol. The summed E-state index contributed by atoms with van der Waals surface area (Å²) in [4.78, 5) is 12.0. The molecule has 1 fully saturated rings. The smallest absolute Gasteiger partial charge is 0.407 e. The zero-order valence-electron chi connectivity index (χ0n) is 15.6. The number of amides is 1. The molecule has 0 spiro atoms. The Balaban J connectivity index is 1.77. The van der Waals surface area contributed by atoms with Gasteiger partial charge in [-0.2, -0.15) is 0 Å². The minimum absolute atomic E-state index is 0.160. The van der Waals surface area contributed by atoms with E-state index in [2.05, 4.69) is 17.4 Å². The van der Waals surface area contributed by atoms with Crippen molar-refractivity contribution in [1.29, 1.82) is 0 Å². The van der Waals surface area contributed by atoms with Gasteiger partial charge in [0, 0.05) is 12.0 Å². The second kappa shape index (κ2) is 7.12. The van der Waals surface area contributed by atoms with E-state index in [1.807, 2.05) is 69.3 Å². The number of benzene rings is 2. The third-order valence-corrected chi connectivity index (χ3v) is 4.96. The van der Waals surface area contributed by atoms with Crippen molar-refractivity contribution in [3.05, 3.63) is 71.8 Å². The third-order valence-electron chi connectivity index (χ3n) is 4.96. The first kappa shape index (κ1) is 18.5. The Bertz CT molecular complexity index is 739. The van der Waals surface area contributed by atoms with Gasteiger partial charge in [-0.25, -0.2) is 4.79 Å². The maximum Gasteiger partial charge on any atom is 0.407 e. The number of nitrogens with one attached hydrogen (secondary N) is 1. The van der Waals surface area contributed by atoms with Crippen LogP contribution in [0.1, 0.15) is 44.4 Å². The van der Waals surface area contributed by atoms with Gasteiger partial charge in [0.2, 0.25) is 0 Å². The van der Waals surface area contributed by atoms with Crippen LogP contribution in [-0.4, -0.2) is 23.3 Å². The van der Waals surface area contributed by atoms with E-state index in [9.17, 15) is 9.90 Å². The standard InChI is InChI=1S/C22H27NO3/c1-21(2,3)26-20(25)23-15-18-14-22(18,17-12-8-5-9-13-17)19(24)16-10-6-4-7-11-16/h4-13,18-19,24H,14-15H2,1-3H3,(H,23,25)/t18?,19-,22+/m0/s1. The van der Waals surface area contributed by atoms with Crippen LogP contribution in [0.5, 0.6) is 0 Å². The average molecular weight is 353 g/mol. The minimum Gasteiger partial charge on any atom is -0.444 e. The molecule has 3 atom stereocenters. The molecule has 138 valence electrons. The van der Waals surface area contributed by atoms with E-state index in [1.165, 1.54) is 0 Å². The van der Waals surface area contributed by atoms with Gasteiger partial charge in [-0.1, -0.05) is 60.7 Å². The van der Waals surface area contributed by atoms with E-state index >= 15 is 0 Å². The fourth-order valence-corrected chi connectivity index (χ4v) is 3.65. The molecule has 1 aliphatic carbocycles. The molecule has 2 aromatic rings. The van der Waals surface area contributed by atoms with Crippen molar-refractivity contribution in [2.45, 2.75) is 44.3 Å². The zero-order valence-corrected chi connectivity index (χ0v) is 15.6. The molecule has 3 rings (SSSR count). The second-order valence-corrected chi connectivity index (χ2v) is 8.00. The van der Waals surface area contributed by atoms with Crippen LogP contribution >= 0.6 is 0 Å². The summed E-state index contributed by atoms with van der Waals surface area (Å²) < 4.78 is 5.32. The molecule has 2 aromatic carbocycles. The van der Waals surface area contributed by atoms with Crippen LogP contribution in [0.2, 0.25) is 0 Å². The first-order valence-electron chi connectivity index (χ1n) is 9.08. The molecule has 26 heavy (non-hydrogen) atoms. The lowest BCUT2D eigenvalue weighted by molar-refractivity contribution is 0.0519. The van der Waals surface area contributed by atoms with E-state index in [-0.39, 0.29) is 11.3 Å². The highest BCUT2D eigenvalue weighted by molar-refractivity contribution is 5.67. The van der Waals surface area contributed by atoms with Crippen molar-refractivity contribution in [2.24, 2.45) is 5.92 Å². The van der Waals surface area contributed by atoms with Crippen molar-refractivity contribution >= 4 is 6.09 Å². The molecule has 0 bridgehead atoms. The second-order valence-electron chi connectivity index (χ2n) is 8.00. The molecule has 4 heteroatoms. The van der Waals surface area contributed by atoms with Crippen molar-refractivity contribution in [2.75, 3.05) is 6.54 Å². The van der Waals surface area contributed by atoms with Crippen molar-refractivity contribution < 1.29 is 14.6 Å². The number of aliphatic hydroxyl groups is 1. The number of carbonyl (C=O) groups is 1. The summed E-state index contributed by atoms with van der Waals surface area (Å²) >= 11 is 0. The predicted molar refractivity (Wildman–Crippen MR) is 102 cm³/mol. The fraction of sp³-hybridized carbons (Fsp3) is 0.409. The van der Waals surface area contributed by atoms with Gasteiger partial charge in [0.25, 0.3) is 0 Å². The lowest BCUT2D eigenvalue weighted by atomic mass is 9.84. The Morgan fingerprint density at radius 2 is 1.73 bits per heavy atom. The van der Waals surface area contributed by atoms with Gasteiger partial charge in [-0.05, 0) is 44.2 Å². The summed E-state index contributed by atoms with van der Waals surface area (Å²) in [6.07, 6.45) is -0.208. The van der Waals surface area contributed by atoms with E-state index < -0.39 is 17.8 Å². The zero-order chi connectivity index (χ0) is 18.8. The lowest BCUT2D eigenvalue weighted by Gasteiger charge is -2.26. The van der Waals surface area contributed by atoms with E-state index in [0.717, 1.165) is 17.5 Å². The molecule has 0 saturated heterocycles. The largest absolute Gasteiger partial charge is 0.444 e. The van der Waals surface area contributed by atoms with Crippen LogP contribution < -0.4 is 5.32 Å². The van der Waals surface area contributed by atoms with Crippen molar-refractivity contribution in [3.8, 4) is 0 Å². The SMILES string of the molecule is CC(C)(C)OC(=O)NCC1C[C@]1(c1ccccc1)[C@@H](O)c1ccccc1. The van der Waals surface area contributed by atoms with Crippen LogP contribution in [0.3, 0.4) is 0 Å². The van der Waals surface area contributed by atoms with Crippen molar-refractivity contribution in [1.82, 2.24) is 5.32 Å². The number of rotatable bonds is 5. The number of alkyl carbamates (subject to hydrolysis) is 1. The molecular formula is C22H27NO3. The Morgan fingerprint density at radius 3 is 2.31 bits per heavy atom. The molecule has 1 aliphatic rings. The third kappa shape index (κ3) is 3.91. The summed E-state index contributed by atoms with van der Waals surface area (Å²) in [5, 5.41) is 14.0. The molecule has 2 N–H and O–H groups in total. The number of ether oxygens (including phenoxy) is 1. The summed E-state index contributed by atoms with van der Waals surface area (Å²) in [5.74, 6) is 0.160. The Hall–Kier alpha value is -2.33. The van der Waals surface area contributed by atoms with Gasteiger partial charge in [0.1, 0.15) is 5.60 Å². The van der Waals surface area contributed by atoms with Gasteiger partial charge in [-0.3, -0.25) is 0 Å². The number of hydrogen-bond donors (Lipinski definition) is 2. The predicted octanol–water partition coefficient (Wildman–Crippen LogP) is 4.20. The lowest BCUT2D eigenvalue weighted by Crippen LogP contribution is -2.35. The Morgan fingerprint density at radius 1 is 1.15 bits per heavy atom. The number of carbonyl (C=O) groups excluding carboxylic acids is 1. The number of aliphatic hydroxyl groups excluding tert-OH is 1. The van der Waals surface area contributed by atoms with Crippen LogP contribution in [-0.2, 0) is 10.2 Å². The van der Waals surface area contributed by atoms with Gasteiger partial charge in [0.05, 0.1) is 6.10 Å². The summed E-state index contributed by atoms with van der Waals surface area (Å²) in [6, 6.07) is 19.8. The highest BCUT2D eigenvalue weighted by Gasteiger charge is 2.60. The summed E-state index contributed by atoms with van der Waals surface area (Å²) in [7, 11) is 0. The van der Waals surface area contributed by atoms with Crippen molar-refractivity contribution in [3.63, 3.8) is 0 Å². The van der Waals surface area contributed by atoms with E-state index in [1.54, 1.807) is 0 Å². The molecule has 4 nitrogen and oxygen atoms in total. The first-order valence-corrected chi connectivity index (χ1v) is 9.08. The van der Waals surface area contributed by atoms with Crippen LogP contribution in [0.25, 0.3) is 0 Å². The quantitative estimate of drug-likeness (QED) is 0.847. The summed E-state index contributed by atoms with van der Waals surface area (Å²) in [5.41, 5.74) is 1.11. The van der Waals surface area contributed by atoms with Gasteiger partial charge in [-0.15, -0.1) is 0 Å². The van der Waals surface area contributed by atoms with E-state index in [4.69, 9.17) is 4.74 Å². The van der Waals surface area contributed by atoms with Gasteiger partial charge < -0.3 is 15.2 Å². The minimum atomic E-state index is -0.614. The van der Waals surface area contributed by atoms with Gasteiger partial charge in [0.15, 0.2) is 0 Å². The topological polar surface area (TPSA) is 58.6 Å². The molecule has 1 saturated carbocycles. The first-order chi connectivity index (χ1) is 12.3. The maximum atomic E-state index is 12.0. The monoisotopic (exact) mass is 353 g/mol. The average Bonchev–Trinajstić information content (AvgIpc) is 3.35. The fourth-order valence-electron chi connectivity index (χ4n) is 3.65. The van der Waals surface area contributed by atoms with Crippen LogP contribution in [0, 0.1) is 5.92 Å². The molecule has 0 aliphatic heterocycles. The maximum absolute atomic E-state index is 12.0. The highest BCUT2D eigenvalue weighted by Crippen LogP contribution is 2.61. The van der Waals surface area contributed by atoms with Crippen LogP contribution in [0.15, 0.2) is 60.7 Å². The molecule has 0 radical (unpaired) electrons.